The predicted octanol–water partition coefficient (Wildman–Crippen LogP) is 2.83. The second-order valence-corrected chi connectivity index (χ2v) is 8.68. The Kier molecular flexibility index (Phi) is 6.31. The lowest BCUT2D eigenvalue weighted by Gasteiger charge is -2.26. The van der Waals surface area contributed by atoms with Crippen molar-refractivity contribution in [1.29, 1.82) is 0 Å². The smallest absolute Gasteiger partial charge is 0.225 e. The Balaban J connectivity index is 1.89. The van der Waals surface area contributed by atoms with Crippen LogP contribution < -0.4 is 5.32 Å². The summed E-state index contributed by atoms with van der Waals surface area (Å²) in [5.74, 6) is 0.245. The van der Waals surface area contributed by atoms with Crippen molar-refractivity contribution in [1.82, 2.24) is 4.90 Å². The quantitative estimate of drug-likeness (QED) is 0.826. The molecule has 1 unspecified atom stereocenters. The van der Waals surface area contributed by atoms with Crippen LogP contribution >= 0.6 is 23.2 Å². The van der Waals surface area contributed by atoms with Gasteiger partial charge in [-0.3, -0.25) is 9.69 Å². The normalized spacial score (nSPS) is 19.9. The molecule has 1 amide bonds. The van der Waals surface area contributed by atoms with E-state index in [0.29, 0.717) is 35.2 Å². The Labute approximate surface area is 146 Å². The highest BCUT2D eigenvalue weighted by Gasteiger charge is 2.31. The van der Waals surface area contributed by atoms with Crippen molar-refractivity contribution < 1.29 is 13.2 Å². The number of hydrogen-bond acceptors (Lipinski definition) is 4. The molecule has 0 bridgehead atoms. The number of sulfone groups is 1. The van der Waals surface area contributed by atoms with E-state index in [4.69, 9.17) is 23.2 Å². The number of carbonyl (C=O) groups is 1. The minimum Gasteiger partial charge on any atom is -0.325 e. The Bertz CT molecular complexity index is 679. The number of anilines is 1. The second kappa shape index (κ2) is 7.83. The van der Waals surface area contributed by atoms with Crippen molar-refractivity contribution in [3.8, 4) is 0 Å². The highest BCUT2D eigenvalue weighted by Crippen LogP contribution is 2.25. The van der Waals surface area contributed by atoms with E-state index in [1.807, 2.05) is 11.8 Å². The van der Waals surface area contributed by atoms with Crippen molar-refractivity contribution >= 4 is 44.6 Å². The Morgan fingerprint density at radius 3 is 2.74 bits per heavy atom. The van der Waals surface area contributed by atoms with Crippen LogP contribution in [0.15, 0.2) is 18.2 Å². The second-order valence-electron chi connectivity index (χ2n) is 5.61. The summed E-state index contributed by atoms with van der Waals surface area (Å²) in [6.07, 6.45) is 0.908. The van der Waals surface area contributed by atoms with Gasteiger partial charge in [-0.15, -0.1) is 0 Å². The van der Waals surface area contributed by atoms with Crippen LogP contribution in [0.25, 0.3) is 0 Å². The van der Waals surface area contributed by atoms with E-state index in [9.17, 15) is 13.2 Å². The van der Waals surface area contributed by atoms with Gasteiger partial charge in [0.05, 0.1) is 22.2 Å². The topological polar surface area (TPSA) is 66.5 Å². The monoisotopic (exact) mass is 378 g/mol. The summed E-state index contributed by atoms with van der Waals surface area (Å²) in [5.41, 5.74) is 0.482. The third-order valence-corrected chi connectivity index (χ3v) is 6.27. The first-order chi connectivity index (χ1) is 10.8. The van der Waals surface area contributed by atoms with Crippen LogP contribution in [-0.4, -0.2) is 49.9 Å². The van der Waals surface area contributed by atoms with Crippen molar-refractivity contribution in [3.63, 3.8) is 0 Å². The van der Waals surface area contributed by atoms with E-state index < -0.39 is 9.84 Å². The van der Waals surface area contributed by atoms with E-state index >= 15 is 0 Å². The molecule has 1 aromatic rings. The van der Waals surface area contributed by atoms with E-state index in [1.54, 1.807) is 18.2 Å². The minimum atomic E-state index is -2.92. The van der Waals surface area contributed by atoms with E-state index in [-0.39, 0.29) is 29.9 Å². The van der Waals surface area contributed by atoms with Gasteiger partial charge >= 0.3 is 0 Å². The highest BCUT2D eigenvalue weighted by atomic mass is 35.5. The average Bonchev–Trinajstić information content (AvgIpc) is 2.84. The number of nitrogens with zero attached hydrogens (tertiary/aromatic N) is 1. The molecule has 5 nitrogen and oxygen atoms in total. The Morgan fingerprint density at radius 1 is 1.39 bits per heavy atom. The van der Waals surface area contributed by atoms with Gasteiger partial charge in [-0.2, -0.15) is 0 Å². The molecular formula is C15H20Cl2N2O3S. The van der Waals surface area contributed by atoms with Gasteiger partial charge in [-0.25, -0.2) is 8.42 Å². The molecule has 0 radical (unpaired) electrons. The molecule has 1 N–H and O–H groups in total. The lowest BCUT2D eigenvalue weighted by molar-refractivity contribution is -0.116. The molecule has 128 valence electrons. The van der Waals surface area contributed by atoms with E-state index in [0.717, 1.165) is 0 Å². The Morgan fingerprint density at radius 2 is 2.13 bits per heavy atom. The van der Waals surface area contributed by atoms with Crippen LogP contribution in [0.4, 0.5) is 5.69 Å². The zero-order chi connectivity index (χ0) is 17.0. The molecule has 0 spiro atoms. The van der Waals surface area contributed by atoms with Gasteiger partial charge in [0.25, 0.3) is 0 Å². The standard InChI is InChI=1S/C15H20Cl2N2O3S/c1-2-19(12-6-8-23(21,22)10-12)7-5-15(20)18-14-9-11(16)3-4-13(14)17/h3-4,9,12H,2,5-8,10H2,1H3,(H,18,20). The molecule has 1 fully saturated rings. The molecule has 2 rings (SSSR count). The molecule has 23 heavy (non-hydrogen) atoms. The first-order valence-corrected chi connectivity index (χ1v) is 10.1. The number of nitrogens with one attached hydrogen (secondary N) is 1. The van der Waals surface area contributed by atoms with Gasteiger partial charge in [-0.1, -0.05) is 30.1 Å². The molecule has 0 saturated carbocycles. The van der Waals surface area contributed by atoms with Crippen LogP contribution in [0, 0.1) is 0 Å². The largest absolute Gasteiger partial charge is 0.325 e. The van der Waals surface area contributed by atoms with Gasteiger partial charge in [0.1, 0.15) is 0 Å². The maximum Gasteiger partial charge on any atom is 0.225 e. The summed E-state index contributed by atoms with van der Waals surface area (Å²) >= 11 is 11.9. The summed E-state index contributed by atoms with van der Waals surface area (Å²) in [5, 5.41) is 3.66. The van der Waals surface area contributed by atoms with E-state index in [1.165, 1.54) is 0 Å². The maximum absolute atomic E-state index is 12.1. The summed E-state index contributed by atoms with van der Waals surface area (Å²) in [6, 6.07) is 4.89. The van der Waals surface area contributed by atoms with Crippen molar-refractivity contribution in [2.75, 3.05) is 29.9 Å². The van der Waals surface area contributed by atoms with Crippen LogP contribution in [-0.2, 0) is 14.6 Å². The first kappa shape index (κ1) is 18.5. The van der Waals surface area contributed by atoms with Crippen LogP contribution in [0.1, 0.15) is 19.8 Å². The van der Waals surface area contributed by atoms with Crippen LogP contribution in [0.2, 0.25) is 10.0 Å². The molecule has 1 heterocycles. The molecule has 0 aromatic heterocycles. The maximum atomic E-state index is 12.1. The first-order valence-electron chi connectivity index (χ1n) is 7.50. The number of rotatable bonds is 6. The molecule has 8 heteroatoms. The summed E-state index contributed by atoms with van der Waals surface area (Å²) < 4.78 is 23.2. The van der Waals surface area contributed by atoms with Crippen molar-refractivity contribution in [3.05, 3.63) is 28.2 Å². The molecule has 1 aliphatic rings. The molecule has 1 aromatic carbocycles. The summed E-state index contributed by atoms with van der Waals surface area (Å²) in [6.45, 7) is 3.20. The summed E-state index contributed by atoms with van der Waals surface area (Å²) in [7, 11) is -2.92. The van der Waals surface area contributed by atoms with Crippen molar-refractivity contribution in [2.24, 2.45) is 0 Å². The van der Waals surface area contributed by atoms with Gasteiger partial charge in [-0.05, 0) is 31.2 Å². The van der Waals surface area contributed by atoms with Gasteiger partial charge in [0, 0.05) is 24.0 Å². The fourth-order valence-electron chi connectivity index (χ4n) is 2.71. The number of benzene rings is 1. The molecule has 1 aliphatic heterocycles. The van der Waals surface area contributed by atoms with Crippen LogP contribution in [0.5, 0.6) is 0 Å². The Hall–Kier alpha value is -0.820. The van der Waals surface area contributed by atoms with Gasteiger partial charge < -0.3 is 5.32 Å². The van der Waals surface area contributed by atoms with E-state index in [2.05, 4.69) is 5.32 Å². The van der Waals surface area contributed by atoms with Crippen LogP contribution in [0.3, 0.4) is 0 Å². The zero-order valence-electron chi connectivity index (χ0n) is 12.9. The number of carbonyl (C=O) groups excluding carboxylic acids is 1. The average molecular weight is 379 g/mol. The molecule has 1 saturated heterocycles. The fourth-order valence-corrected chi connectivity index (χ4v) is 4.81. The fraction of sp³-hybridized carbons (Fsp3) is 0.533. The third kappa shape index (κ3) is 5.35. The van der Waals surface area contributed by atoms with Crippen molar-refractivity contribution in [2.45, 2.75) is 25.8 Å². The number of halogens is 2. The van der Waals surface area contributed by atoms with Gasteiger partial charge in [0.15, 0.2) is 9.84 Å². The lowest BCUT2D eigenvalue weighted by atomic mass is 10.2. The summed E-state index contributed by atoms with van der Waals surface area (Å²) in [4.78, 5) is 14.1. The number of amides is 1. The zero-order valence-corrected chi connectivity index (χ0v) is 15.2. The lowest BCUT2D eigenvalue weighted by Crippen LogP contribution is -2.38. The highest BCUT2D eigenvalue weighted by molar-refractivity contribution is 7.91. The third-order valence-electron chi connectivity index (χ3n) is 3.96. The number of hydrogen-bond donors (Lipinski definition) is 1. The predicted molar refractivity (Wildman–Crippen MR) is 94.0 cm³/mol. The molecular weight excluding hydrogens is 359 g/mol. The molecule has 1 atom stereocenters. The SMILES string of the molecule is CCN(CCC(=O)Nc1cc(Cl)ccc1Cl)C1CCS(=O)(=O)C1. The van der Waals surface area contributed by atoms with Gasteiger partial charge in [0.2, 0.25) is 5.91 Å². The minimum absolute atomic E-state index is 0.00700. The molecule has 0 aliphatic carbocycles.